The van der Waals surface area contributed by atoms with Gasteiger partial charge in [0.15, 0.2) is 0 Å². The summed E-state index contributed by atoms with van der Waals surface area (Å²) in [4.78, 5) is 4.49. The highest BCUT2D eigenvalue weighted by Crippen LogP contribution is 2.30. The molecule has 0 aromatic carbocycles. The van der Waals surface area contributed by atoms with E-state index in [0.29, 0.717) is 10.7 Å². The van der Waals surface area contributed by atoms with Gasteiger partial charge < -0.3 is 10.5 Å². The Balaban J connectivity index is 2.07. The number of hydrogen-bond acceptors (Lipinski definition) is 3. The molecule has 1 heterocycles. The van der Waals surface area contributed by atoms with Crippen molar-refractivity contribution in [1.29, 1.82) is 0 Å². The van der Waals surface area contributed by atoms with Crippen molar-refractivity contribution < 1.29 is 4.74 Å². The number of aromatic nitrogens is 1. The highest BCUT2D eigenvalue weighted by atomic mass is 32.1. The third-order valence-corrected chi connectivity index (χ3v) is 3.80. The Morgan fingerprint density at radius 1 is 1.56 bits per heavy atom. The highest BCUT2D eigenvalue weighted by molar-refractivity contribution is 7.80. The molecule has 3 nitrogen and oxygen atoms in total. The molecule has 2 atom stereocenters. The molecule has 0 spiro atoms. The van der Waals surface area contributed by atoms with E-state index in [1.807, 2.05) is 12.1 Å². The second kappa shape index (κ2) is 6.14. The zero-order chi connectivity index (χ0) is 13.0. The van der Waals surface area contributed by atoms with Gasteiger partial charge in [-0.15, -0.1) is 0 Å². The number of rotatable bonds is 4. The van der Waals surface area contributed by atoms with Crippen LogP contribution >= 0.6 is 12.2 Å². The summed E-state index contributed by atoms with van der Waals surface area (Å²) in [5.74, 6) is 1.51. The number of hydrogen-bond donors (Lipinski definition) is 1. The molecule has 1 aromatic rings. The predicted octanol–water partition coefficient (Wildman–Crippen LogP) is 3.06. The number of pyridine rings is 1. The van der Waals surface area contributed by atoms with Crippen LogP contribution in [0, 0.1) is 5.92 Å². The molecule has 18 heavy (non-hydrogen) atoms. The Hall–Kier alpha value is -1.16. The zero-order valence-corrected chi connectivity index (χ0v) is 11.6. The lowest BCUT2D eigenvalue weighted by molar-refractivity contribution is 0.121. The largest absolute Gasteiger partial charge is 0.488 e. The summed E-state index contributed by atoms with van der Waals surface area (Å²) in [7, 11) is 0. The molecule has 1 aliphatic rings. The molecule has 98 valence electrons. The molecule has 4 heteroatoms. The van der Waals surface area contributed by atoms with Gasteiger partial charge in [0.05, 0.1) is 6.10 Å². The van der Waals surface area contributed by atoms with Crippen molar-refractivity contribution in [2.45, 2.75) is 45.1 Å². The minimum absolute atomic E-state index is 0.279. The van der Waals surface area contributed by atoms with Crippen molar-refractivity contribution in [3.8, 4) is 5.75 Å². The fourth-order valence-electron chi connectivity index (χ4n) is 2.57. The van der Waals surface area contributed by atoms with Crippen molar-refractivity contribution in [2.75, 3.05) is 0 Å². The molecule has 0 amide bonds. The van der Waals surface area contributed by atoms with Crippen molar-refractivity contribution in [3.05, 3.63) is 24.0 Å². The van der Waals surface area contributed by atoms with Gasteiger partial charge in [-0.2, -0.15) is 0 Å². The minimum atomic E-state index is 0.279. The van der Waals surface area contributed by atoms with E-state index in [0.717, 1.165) is 24.5 Å². The molecule has 1 aliphatic carbocycles. The van der Waals surface area contributed by atoms with E-state index >= 15 is 0 Å². The summed E-state index contributed by atoms with van der Waals surface area (Å²) in [6, 6.07) is 3.76. The molecule has 2 unspecified atom stereocenters. The summed E-state index contributed by atoms with van der Waals surface area (Å²) in [6.45, 7) is 2.25. The van der Waals surface area contributed by atoms with E-state index in [9.17, 15) is 0 Å². The summed E-state index contributed by atoms with van der Waals surface area (Å²) in [5, 5.41) is 0. The molecule has 0 saturated heterocycles. The number of nitrogens with two attached hydrogens (primary N) is 1. The first-order chi connectivity index (χ1) is 8.70. The molecule has 2 rings (SSSR count). The van der Waals surface area contributed by atoms with Crippen LogP contribution < -0.4 is 10.5 Å². The lowest BCUT2D eigenvalue weighted by atomic mass is 9.85. The molecule has 1 aromatic heterocycles. The highest BCUT2D eigenvalue weighted by Gasteiger charge is 2.23. The van der Waals surface area contributed by atoms with Crippen molar-refractivity contribution in [1.82, 2.24) is 4.98 Å². The lowest BCUT2D eigenvalue weighted by Gasteiger charge is -2.29. The normalized spacial score (nSPS) is 23.6. The van der Waals surface area contributed by atoms with Crippen LogP contribution in [0.3, 0.4) is 0 Å². The number of thiocarbonyl (C=S) groups is 1. The van der Waals surface area contributed by atoms with Crippen molar-refractivity contribution in [2.24, 2.45) is 11.7 Å². The van der Waals surface area contributed by atoms with Crippen LogP contribution in [-0.2, 0) is 0 Å². The monoisotopic (exact) mass is 264 g/mol. The van der Waals surface area contributed by atoms with Gasteiger partial charge >= 0.3 is 0 Å². The second-order valence-electron chi connectivity index (χ2n) is 4.90. The first kappa shape index (κ1) is 13.3. The summed E-state index contributed by atoms with van der Waals surface area (Å²) < 4.78 is 6.05. The quantitative estimate of drug-likeness (QED) is 0.849. The fraction of sp³-hybridized carbons (Fsp3) is 0.571. The summed E-state index contributed by atoms with van der Waals surface area (Å²) in [6.07, 6.45) is 8.01. The van der Waals surface area contributed by atoms with Gasteiger partial charge in [0.2, 0.25) is 0 Å². The maximum atomic E-state index is 6.05. The average molecular weight is 264 g/mol. The van der Waals surface area contributed by atoms with E-state index in [1.165, 1.54) is 19.3 Å². The number of ether oxygens (including phenoxy) is 1. The van der Waals surface area contributed by atoms with E-state index in [1.54, 1.807) is 6.20 Å². The maximum Gasteiger partial charge on any atom is 0.148 e. The Morgan fingerprint density at radius 2 is 2.39 bits per heavy atom. The molecule has 0 radical (unpaired) electrons. The second-order valence-corrected chi connectivity index (χ2v) is 5.33. The van der Waals surface area contributed by atoms with Crippen LogP contribution in [0.4, 0.5) is 0 Å². The maximum absolute atomic E-state index is 6.05. The van der Waals surface area contributed by atoms with E-state index in [-0.39, 0.29) is 6.10 Å². The Morgan fingerprint density at radius 3 is 3.11 bits per heavy atom. The van der Waals surface area contributed by atoms with Crippen LogP contribution in [0.1, 0.15) is 44.7 Å². The van der Waals surface area contributed by atoms with Crippen LogP contribution in [0.25, 0.3) is 0 Å². The van der Waals surface area contributed by atoms with Gasteiger partial charge in [-0.05, 0) is 37.3 Å². The molecule has 1 fully saturated rings. The fourth-order valence-corrected chi connectivity index (χ4v) is 2.72. The van der Waals surface area contributed by atoms with Crippen LogP contribution in [0.5, 0.6) is 5.75 Å². The summed E-state index contributed by atoms with van der Waals surface area (Å²) >= 11 is 5.00. The molecular formula is C14H20N2OS. The molecule has 2 N–H and O–H groups in total. The first-order valence-electron chi connectivity index (χ1n) is 6.62. The third-order valence-electron chi connectivity index (χ3n) is 3.61. The minimum Gasteiger partial charge on any atom is -0.488 e. The van der Waals surface area contributed by atoms with E-state index < -0.39 is 0 Å². The average Bonchev–Trinajstić information content (AvgIpc) is 2.39. The Labute approximate surface area is 114 Å². The zero-order valence-electron chi connectivity index (χ0n) is 10.8. The predicted molar refractivity (Wildman–Crippen MR) is 76.8 cm³/mol. The van der Waals surface area contributed by atoms with Crippen LogP contribution in [-0.4, -0.2) is 16.1 Å². The van der Waals surface area contributed by atoms with Crippen molar-refractivity contribution in [3.63, 3.8) is 0 Å². The van der Waals surface area contributed by atoms with Crippen LogP contribution in [0.2, 0.25) is 0 Å². The summed E-state index contributed by atoms with van der Waals surface area (Å²) in [5.41, 5.74) is 6.26. The van der Waals surface area contributed by atoms with Gasteiger partial charge in [-0.1, -0.05) is 32.0 Å². The number of nitrogens with zero attached hydrogens (tertiary/aromatic N) is 1. The van der Waals surface area contributed by atoms with Gasteiger partial charge in [0.1, 0.15) is 16.4 Å². The van der Waals surface area contributed by atoms with E-state index in [4.69, 9.17) is 22.7 Å². The SMILES string of the molecule is CCC1CCCC(Oc2cccnc2C(N)=S)C1. The molecule has 1 saturated carbocycles. The van der Waals surface area contributed by atoms with Gasteiger partial charge in [0, 0.05) is 6.20 Å². The lowest BCUT2D eigenvalue weighted by Crippen LogP contribution is -2.26. The van der Waals surface area contributed by atoms with Gasteiger partial charge in [-0.3, -0.25) is 0 Å². The van der Waals surface area contributed by atoms with Gasteiger partial charge in [-0.25, -0.2) is 4.98 Å². The Kier molecular flexibility index (Phi) is 4.53. The Bertz CT molecular complexity index is 422. The first-order valence-corrected chi connectivity index (χ1v) is 7.03. The third kappa shape index (κ3) is 3.19. The topological polar surface area (TPSA) is 48.1 Å². The van der Waals surface area contributed by atoms with Crippen molar-refractivity contribution >= 4 is 17.2 Å². The van der Waals surface area contributed by atoms with Gasteiger partial charge in [0.25, 0.3) is 0 Å². The smallest absolute Gasteiger partial charge is 0.148 e. The molecule has 0 aliphatic heterocycles. The standard InChI is InChI=1S/C14H20N2OS/c1-2-10-5-3-6-11(9-10)17-12-7-4-8-16-13(12)14(15)18/h4,7-8,10-11H,2-3,5-6,9H2,1H3,(H2,15,18). The van der Waals surface area contributed by atoms with E-state index in [2.05, 4.69) is 11.9 Å². The van der Waals surface area contributed by atoms with Crippen LogP contribution in [0.15, 0.2) is 18.3 Å². The molecular weight excluding hydrogens is 244 g/mol. The molecule has 0 bridgehead atoms.